The van der Waals surface area contributed by atoms with Crippen LogP contribution in [0.4, 0.5) is 0 Å². The Hall–Kier alpha value is -5.26. The van der Waals surface area contributed by atoms with Crippen LogP contribution in [0.15, 0.2) is 114 Å². The van der Waals surface area contributed by atoms with Crippen molar-refractivity contribution in [1.29, 1.82) is 0 Å². The fraction of sp³-hybridized carbons (Fsp3) is 0.0526. The van der Waals surface area contributed by atoms with Crippen LogP contribution in [0.25, 0.3) is 87.2 Å². The lowest BCUT2D eigenvalue weighted by atomic mass is 10.0. The van der Waals surface area contributed by atoms with Crippen LogP contribution in [-0.2, 0) is 0 Å². The van der Waals surface area contributed by atoms with Crippen LogP contribution >= 0.6 is 11.3 Å². The van der Waals surface area contributed by atoms with Crippen molar-refractivity contribution in [3.05, 3.63) is 120 Å². The number of aromatic nitrogens is 3. The molecule has 0 aliphatic rings. The maximum absolute atomic E-state index is 6.31. The van der Waals surface area contributed by atoms with Gasteiger partial charge in [-0.25, -0.2) is 9.97 Å². The molecule has 204 valence electrons. The molecule has 4 heterocycles. The third-order valence-corrected chi connectivity index (χ3v) is 9.57. The minimum atomic E-state index is 0.822. The fourth-order valence-electron chi connectivity index (χ4n) is 6.60. The van der Waals surface area contributed by atoms with Crippen molar-refractivity contribution in [2.75, 3.05) is 0 Å². The number of rotatable bonds is 3. The van der Waals surface area contributed by atoms with Crippen LogP contribution in [0.5, 0.6) is 0 Å². The van der Waals surface area contributed by atoms with Crippen molar-refractivity contribution in [3.63, 3.8) is 0 Å². The lowest BCUT2D eigenvalue weighted by Crippen LogP contribution is -2.05. The van der Waals surface area contributed by atoms with Crippen LogP contribution in [-0.4, -0.2) is 14.5 Å². The maximum Gasteiger partial charge on any atom is 0.164 e. The first-order valence-corrected chi connectivity index (χ1v) is 15.3. The first-order chi connectivity index (χ1) is 21.2. The number of para-hydroxylation sites is 1. The molecule has 9 aromatic rings. The van der Waals surface area contributed by atoms with E-state index >= 15 is 0 Å². The van der Waals surface area contributed by atoms with Crippen LogP contribution in [0.2, 0.25) is 0 Å². The molecule has 5 heteroatoms. The summed E-state index contributed by atoms with van der Waals surface area (Å²) in [6, 6.07) is 36.1. The lowest BCUT2D eigenvalue weighted by Gasteiger charge is -2.14. The molecule has 0 fully saturated rings. The van der Waals surface area contributed by atoms with Gasteiger partial charge in [0.25, 0.3) is 0 Å². The van der Waals surface area contributed by atoms with Crippen LogP contribution < -0.4 is 0 Å². The molecule has 5 aromatic carbocycles. The third kappa shape index (κ3) is 3.49. The number of hydrogen-bond acceptors (Lipinski definition) is 4. The Balaban J connectivity index is 1.48. The summed E-state index contributed by atoms with van der Waals surface area (Å²) < 4.78 is 9.81. The van der Waals surface area contributed by atoms with E-state index in [4.69, 9.17) is 14.4 Å². The Kier molecular flexibility index (Phi) is 5.16. The van der Waals surface area contributed by atoms with E-state index in [1.165, 1.54) is 26.4 Å². The monoisotopic (exact) mass is 571 g/mol. The summed E-state index contributed by atoms with van der Waals surface area (Å²) in [5, 5.41) is 6.88. The van der Waals surface area contributed by atoms with Crippen molar-refractivity contribution in [2.24, 2.45) is 0 Å². The minimum Gasteiger partial charge on any atom is -0.456 e. The highest BCUT2D eigenvalue weighted by molar-refractivity contribution is 7.25. The molecule has 0 aliphatic carbocycles. The van der Waals surface area contributed by atoms with Crippen LogP contribution in [0, 0.1) is 6.92 Å². The van der Waals surface area contributed by atoms with Gasteiger partial charge in [-0.15, -0.1) is 11.3 Å². The van der Waals surface area contributed by atoms with E-state index in [9.17, 15) is 0 Å². The average Bonchev–Trinajstić information content (AvgIpc) is 3.68. The zero-order valence-corrected chi connectivity index (χ0v) is 24.4. The Morgan fingerprint density at radius 2 is 1.49 bits per heavy atom. The Labute approximate surface area is 251 Å². The highest BCUT2D eigenvalue weighted by Gasteiger charge is 2.24. The summed E-state index contributed by atoms with van der Waals surface area (Å²) >= 11 is 1.69. The molecule has 0 saturated carbocycles. The third-order valence-electron chi connectivity index (χ3n) is 8.52. The molecule has 0 amide bonds. The first kappa shape index (κ1) is 24.3. The molecule has 0 unspecified atom stereocenters. The van der Waals surface area contributed by atoms with E-state index in [1.807, 2.05) is 18.2 Å². The second-order valence-electron chi connectivity index (χ2n) is 11.0. The molecule has 0 saturated heterocycles. The Morgan fingerprint density at radius 3 is 2.35 bits per heavy atom. The fourth-order valence-corrected chi connectivity index (χ4v) is 7.62. The van der Waals surface area contributed by atoms with E-state index in [1.54, 1.807) is 11.3 Å². The second-order valence-corrected chi connectivity index (χ2v) is 12.0. The van der Waals surface area contributed by atoms with Gasteiger partial charge in [-0.3, -0.25) is 4.57 Å². The minimum absolute atomic E-state index is 0.822. The number of nitrogens with zero attached hydrogens (tertiary/aromatic N) is 3. The normalized spacial score (nSPS) is 12.3. The second kappa shape index (κ2) is 9.12. The van der Waals surface area contributed by atoms with Gasteiger partial charge in [-0.1, -0.05) is 84.9 Å². The molecule has 0 aliphatic heterocycles. The van der Waals surface area contributed by atoms with Crippen LogP contribution in [0.3, 0.4) is 0 Å². The van der Waals surface area contributed by atoms with Gasteiger partial charge < -0.3 is 4.42 Å². The molecular formula is C38H25N3OS. The molecule has 43 heavy (non-hydrogen) atoms. The molecule has 0 N–H and O–H groups in total. The summed E-state index contributed by atoms with van der Waals surface area (Å²) in [5.41, 5.74) is 7.93. The van der Waals surface area contributed by atoms with E-state index in [0.29, 0.717) is 0 Å². The van der Waals surface area contributed by atoms with E-state index in [2.05, 4.69) is 115 Å². The molecule has 4 aromatic heterocycles. The van der Waals surface area contributed by atoms with E-state index < -0.39 is 0 Å². The van der Waals surface area contributed by atoms with Gasteiger partial charge in [0.05, 0.1) is 5.52 Å². The van der Waals surface area contributed by atoms with Crippen molar-refractivity contribution < 1.29 is 4.42 Å². The molecular weight excluding hydrogens is 547 g/mol. The molecule has 0 atom stereocenters. The van der Waals surface area contributed by atoms with Gasteiger partial charge >= 0.3 is 0 Å². The number of thiophene rings is 1. The summed E-state index contributed by atoms with van der Waals surface area (Å²) in [6.45, 7) is 4.26. The molecule has 4 nitrogen and oxygen atoms in total. The Bertz CT molecular complexity index is 2600. The predicted octanol–water partition coefficient (Wildman–Crippen LogP) is 10.8. The lowest BCUT2D eigenvalue weighted by molar-refractivity contribution is 0.669. The smallest absolute Gasteiger partial charge is 0.164 e. The highest BCUT2D eigenvalue weighted by atomic mass is 32.1. The van der Waals surface area contributed by atoms with Gasteiger partial charge in [0.15, 0.2) is 5.82 Å². The van der Waals surface area contributed by atoms with Crippen molar-refractivity contribution in [3.8, 4) is 17.1 Å². The van der Waals surface area contributed by atoms with Gasteiger partial charge in [-0.05, 0) is 55.0 Å². The number of allylic oxidation sites excluding steroid dienone is 1. The van der Waals surface area contributed by atoms with Crippen molar-refractivity contribution in [1.82, 2.24) is 14.5 Å². The van der Waals surface area contributed by atoms with Crippen LogP contribution in [0.1, 0.15) is 18.2 Å². The largest absolute Gasteiger partial charge is 0.456 e. The molecule has 9 rings (SSSR count). The summed E-state index contributed by atoms with van der Waals surface area (Å²) in [7, 11) is 0. The highest BCUT2D eigenvalue weighted by Crippen LogP contribution is 2.42. The zero-order chi connectivity index (χ0) is 28.7. The van der Waals surface area contributed by atoms with E-state index in [0.717, 1.165) is 66.0 Å². The number of benzene rings is 5. The number of hydrogen-bond donors (Lipinski definition) is 0. The van der Waals surface area contributed by atoms with Crippen molar-refractivity contribution in [2.45, 2.75) is 13.8 Å². The topological polar surface area (TPSA) is 43.9 Å². The van der Waals surface area contributed by atoms with Gasteiger partial charge in [-0.2, -0.15) is 0 Å². The maximum atomic E-state index is 6.31. The van der Waals surface area contributed by atoms with Gasteiger partial charge in [0, 0.05) is 43.1 Å². The zero-order valence-electron chi connectivity index (χ0n) is 23.6. The summed E-state index contributed by atoms with van der Waals surface area (Å²) in [6.07, 6.45) is 4.32. The molecule has 0 radical (unpaired) electrons. The Morgan fingerprint density at radius 1 is 0.744 bits per heavy atom. The van der Waals surface area contributed by atoms with E-state index in [-0.39, 0.29) is 0 Å². The summed E-state index contributed by atoms with van der Waals surface area (Å²) in [5.74, 6) is 0.822. The first-order valence-electron chi connectivity index (χ1n) is 14.5. The molecule has 0 spiro atoms. The predicted molar refractivity (Wildman–Crippen MR) is 181 cm³/mol. The SMILES string of the molecule is C/C=C\c1c(C)n(-c2nc3c(nc2-c2cccc4oc5ccccc5c24)sc2ccccc23)c2cc3ccccc3cc12. The number of fused-ring (bicyclic) bond motifs is 8. The van der Waals surface area contributed by atoms with Gasteiger partial charge in [0.1, 0.15) is 27.2 Å². The van der Waals surface area contributed by atoms with Crippen molar-refractivity contribution >= 4 is 81.5 Å². The molecule has 0 bridgehead atoms. The van der Waals surface area contributed by atoms with Gasteiger partial charge in [0.2, 0.25) is 0 Å². The average molecular weight is 572 g/mol. The number of furan rings is 1. The quantitative estimate of drug-likeness (QED) is 0.212. The summed E-state index contributed by atoms with van der Waals surface area (Å²) in [4.78, 5) is 11.9. The standard InChI is InChI=1S/C38H25N3OS/c1-3-11-25-22(2)41(30-21-24-13-5-4-12-23(24)20-29(25)30)37-35(40-38-36(39-37)27-15-7-9-19-33(27)43-38)28-16-10-18-32-34(28)26-14-6-8-17-31(26)42-32/h3-21H,1-2H3/b11-3-.